The molecule has 0 aliphatic rings. The van der Waals surface area contributed by atoms with E-state index in [4.69, 9.17) is 14.2 Å². The van der Waals surface area contributed by atoms with Crippen molar-refractivity contribution >= 4 is 17.9 Å². The lowest BCUT2D eigenvalue weighted by Crippen LogP contribution is -2.30. The summed E-state index contributed by atoms with van der Waals surface area (Å²) in [6.45, 7) is 6.49. The summed E-state index contributed by atoms with van der Waals surface area (Å²) in [6.07, 6.45) is 53.8. The van der Waals surface area contributed by atoms with Gasteiger partial charge in [0.05, 0.1) is 0 Å². The molecule has 0 saturated heterocycles. The molecule has 0 aromatic carbocycles. The molecular weight excluding hydrogens is 709 g/mol. The molecule has 330 valence electrons. The van der Waals surface area contributed by atoms with Crippen molar-refractivity contribution in [3.8, 4) is 0 Å². The van der Waals surface area contributed by atoms with E-state index in [9.17, 15) is 14.4 Å². The smallest absolute Gasteiger partial charge is 0.306 e. The second-order valence-electron chi connectivity index (χ2n) is 16.0. The highest BCUT2D eigenvalue weighted by Gasteiger charge is 2.19. The number of allylic oxidation sites excluding steroid dienone is 8. The van der Waals surface area contributed by atoms with Crippen LogP contribution in [0.25, 0.3) is 0 Å². The van der Waals surface area contributed by atoms with Crippen molar-refractivity contribution in [1.29, 1.82) is 0 Å². The first-order chi connectivity index (χ1) is 28.0. The Balaban J connectivity index is 4.31. The van der Waals surface area contributed by atoms with Crippen LogP contribution in [-0.4, -0.2) is 37.2 Å². The predicted molar refractivity (Wildman–Crippen MR) is 242 cm³/mol. The highest BCUT2D eigenvalue weighted by Crippen LogP contribution is 2.15. The summed E-state index contributed by atoms with van der Waals surface area (Å²) in [5.74, 6) is -0.889. The van der Waals surface area contributed by atoms with Crippen molar-refractivity contribution in [3.05, 3.63) is 48.6 Å². The lowest BCUT2D eigenvalue weighted by Gasteiger charge is -2.18. The van der Waals surface area contributed by atoms with E-state index < -0.39 is 6.10 Å². The molecule has 0 aliphatic heterocycles. The third kappa shape index (κ3) is 44.3. The van der Waals surface area contributed by atoms with E-state index >= 15 is 0 Å². The van der Waals surface area contributed by atoms with Gasteiger partial charge in [-0.05, 0) is 57.8 Å². The number of ether oxygens (including phenoxy) is 3. The number of hydrogen-bond acceptors (Lipinski definition) is 6. The van der Waals surface area contributed by atoms with E-state index in [0.717, 1.165) is 89.9 Å². The van der Waals surface area contributed by atoms with E-state index in [1.54, 1.807) is 0 Å². The van der Waals surface area contributed by atoms with Crippen molar-refractivity contribution in [3.63, 3.8) is 0 Å². The molecule has 0 fully saturated rings. The van der Waals surface area contributed by atoms with Crippen molar-refractivity contribution in [1.82, 2.24) is 0 Å². The molecule has 57 heavy (non-hydrogen) atoms. The second-order valence-corrected chi connectivity index (χ2v) is 16.0. The zero-order valence-electron chi connectivity index (χ0n) is 37.6. The molecule has 0 heterocycles. The molecule has 0 rings (SSSR count). The van der Waals surface area contributed by atoms with Gasteiger partial charge in [-0.3, -0.25) is 14.4 Å². The van der Waals surface area contributed by atoms with E-state index in [2.05, 4.69) is 69.4 Å². The fraction of sp³-hybridized carbons (Fsp3) is 0.784. The maximum Gasteiger partial charge on any atom is 0.306 e. The number of hydrogen-bond donors (Lipinski definition) is 0. The SMILES string of the molecule is CC/C=C\C/C=C\C/C=C\C/C=C\CCCCCCCCC(=O)OCC(COC(=O)CCCCCCCCCCCC)OC(=O)CCCCCCCCCCCC. The average Bonchev–Trinajstić information content (AvgIpc) is 3.21. The summed E-state index contributed by atoms with van der Waals surface area (Å²) in [6, 6.07) is 0. The summed E-state index contributed by atoms with van der Waals surface area (Å²) < 4.78 is 16.7. The van der Waals surface area contributed by atoms with Gasteiger partial charge in [-0.2, -0.15) is 0 Å². The van der Waals surface area contributed by atoms with Gasteiger partial charge in [-0.15, -0.1) is 0 Å². The maximum absolute atomic E-state index is 12.7. The quantitative estimate of drug-likeness (QED) is 0.0265. The molecule has 0 aliphatic carbocycles. The molecule has 0 bridgehead atoms. The van der Waals surface area contributed by atoms with Gasteiger partial charge in [0.25, 0.3) is 0 Å². The summed E-state index contributed by atoms with van der Waals surface area (Å²) in [5, 5.41) is 0. The Morgan fingerprint density at radius 3 is 1.07 bits per heavy atom. The first-order valence-corrected chi connectivity index (χ1v) is 24.1. The first kappa shape index (κ1) is 54.4. The van der Waals surface area contributed by atoms with Gasteiger partial charge in [0.2, 0.25) is 0 Å². The van der Waals surface area contributed by atoms with Gasteiger partial charge in [0.1, 0.15) is 13.2 Å². The predicted octanol–water partition coefficient (Wildman–Crippen LogP) is 15.5. The van der Waals surface area contributed by atoms with E-state index in [0.29, 0.717) is 19.3 Å². The molecule has 0 aromatic heterocycles. The summed E-state index contributed by atoms with van der Waals surface area (Å²) in [4.78, 5) is 37.7. The Hall–Kier alpha value is -2.63. The van der Waals surface area contributed by atoms with Crippen LogP contribution in [0, 0.1) is 0 Å². The average molecular weight is 799 g/mol. The topological polar surface area (TPSA) is 78.9 Å². The van der Waals surface area contributed by atoms with Crippen molar-refractivity contribution in [2.75, 3.05) is 13.2 Å². The van der Waals surface area contributed by atoms with Crippen LogP contribution in [0.2, 0.25) is 0 Å². The van der Waals surface area contributed by atoms with Crippen LogP contribution >= 0.6 is 0 Å². The van der Waals surface area contributed by atoms with Crippen LogP contribution in [0.5, 0.6) is 0 Å². The maximum atomic E-state index is 12.7. The molecule has 0 radical (unpaired) electrons. The minimum atomic E-state index is -0.772. The van der Waals surface area contributed by atoms with Crippen LogP contribution in [-0.2, 0) is 28.6 Å². The van der Waals surface area contributed by atoms with Crippen molar-refractivity contribution in [2.45, 2.75) is 245 Å². The van der Waals surface area contributed by atoms with Crippen LogP contribution in [0.15, 0.2) is 48.6 Å². The van der Waals surface area contributed by atoms with E-state index in [1.807, 2.05) is 0 Å². The second kappa shape index (κ2) is 46.1. The van der Waals surface area contributed by atoms with Crippen LogP contribution in [0.4, 0.5) is 0 Å². The monoisotopic (exact) mass is 799 g/mol. The highest BCUT2D eigenvalue weighted by molar-refractivity contribution is 5.71. The number of unbranched alkanes of at least 4 members (excludes halogenated alkanes) is 24. The van der Waals surface area contributed by atoms with Crippen molar-refractivity contribution < 1.29 is 28.6 Å². The van der Waals surface area contributed by atoms with Crippen molar-refractivity contribution in [2.24, 2.45) is 0 Å². The molecule has 0 saturated carbocycles. The summed E-state index contributed by atoms with van der Waals surface area (Å²) in [7, 11) is 0. The fourth-order valence-electron chi connectivity index (χ4n) is 6.73. The normalized spacial score (nSPS) is 12.4. The van der Waals surface area contributed by atoms with Gasteiger partial charge in [-0.25, -0.2) is 0 Å². The molecular formula is C51H90O6. The Morgan fingerprint density at radius 2 is 0.684 bits per heavy atom. The molecule has 0 spiro atoms. The minimum Gasteiger partial charge on any atom is -0.462 e. The Labute approximate surface area is 352 Å². The van der Waals surface area contributed by atoms with Gasteiger partial charge in [0, 0.05) is 19.3 Å². The zero-order valence-corrected chi connectivity index (χ0v) is 37.6. The third-order valence-corrected chi connectivity index (χ3v) is 10.3. The molecule has 0 aromatic rings. The lowest BCUT2D eigenvalue weighted by molar-refractivity contribution is -0.167. The molecule has 6 heteroatoms. The van der Waals surface area contributed by atoms with Gasteiger partial charge >= 0.3 is 17.9 Å². The molecule has 0 amide bonds. The van der Waals surface area contributed by atoms with E-state index in [-0.39, 0.29) is 31.1 Å². The minimum absolute atomic E-state index is 0.0748. The fourth-order valence-corrected chi connectivity index (χ4v) is 6.73. The van der Waals surface area contributed by atoms with Crippen LogP contribution in [0.1, 0.15) is 239 Å². The van der Waals surface area contributed by atoms with Gasteiger partial charge < -0.3 is 14.2 Å². The van der Waals surface area contributed by atoms with Gasteiger partial charge in [0.15, 0.2) is 6.10 Å². The Kier molecular flexibility index (Phi) is 43.9. The standard InChI is InChI=1S/C51H90O6/c1-4-7-10-13-16-19-22-23-24-25-26-27-28-29-30-33-35-38-41-44-50(53)56-47-48(57-51(54)45-42-39-36-32-21-18-15-12-9-6-3)46-55-49(52)43-40-37-34-31-20-17-14-11-8-5-2/h7,10,16,19,23-24,26-27,48H,4-6,8-9,11-15,17-18,20-22,25,28-47H2,1-3H3/b10-7-,19-16-,24-23-,27-26-. The summed E-state index contributed by atoms with van der Waals surface area (Å²) in [5.41, 5.74) is 0. The number of carbonyl (C=O) groups is 3. The summed E-state index contributed by atoms with van der Waals surface area (Å²) >= 11 is 0. The largest absolute Gasteiger partial charge is 0.462 e. The third-order valence-electron chi connectivity index (χ3n) is 10.3. The highest BCUT2D eigenvalue weighted by atomic mass is 16.6. The molecule has 1 unspecified atom stereocenters. The first-order valence-electron chi connectivity index (χ1n) is 24.1. The number of carbonyl (C=O) groups excluding carboxylic acids is 3. The molecule has 1 atom stereocenters. The van der Waals surface area contributed by atoms with Crippen LogP contribution < -0.4 is 0 Å². The number of rotatable bonds is 43. The lowest BCUT2D eigenvalue weighted by atomic mass is 10.1. The molecule has 0 N–H and O–H groups in total. The zero-order chi connectivity index (χ0) is 41.5. The van der Waals surface area contributed by atoms with Gasteiger partial charge in [-0.1, -0.05) is 211 Å². The van der Waals surface area contributed by atoms with E-state index in [1.165, 1.54) is 109 Å². The molecule has 6 nitrogen and oxygen atoms in total. The Morgan fingerprint density at radius 1 is 0.368 bits per heavy atom. The Bertz CT molecular complexity index is 1010. The van der Waals surface area contributed by atoms with Crippen LogP contribution in [0.3, 0.4) is 0 Å². The number of esters is 3.